The Labute approximate surface area is 187 Å². The summed E-state index contributed by atoms with van der Waals surface area (Å²) in [6.07, 6.45) is 2.94. The zero-order valence-corrected chi connectivity index (χ0v) is 18.5. The normalized spacial score (nSPS) is 12.1. The van der Waals surface area contributed by atoms with Crippen molar-refractivity contribution >= 4 is 46.8 Å². The lowest BCUT2D eigenvalue weighted by molar-refractivity contribution is -0.135. The van der Waals surface area contributed by atoms with Crippen LogP contribution >= 0.6 is 22.9 Å². The number of benzene rings is 2. The number of carbonyl (C=O) groups is 2. The summed E-state index contributed by atoms with van der Waals surface area (Å²) < 4.78 is 12.1. The molecule has 0 saturated carbocycles. The number of ether oxygens (including phenoxy) is 2. The molecular formula is C23H20ClNO5S. The van der Waals surface area contributed by atoms with Gasteiger partial charge in [-0.25, -0.2) is 4.79 Å². The van der Waals surface area contributed by atoms with Crippen LogP contribution in [-0.4, -0.2) is 30.0 Å². The molecule has 0 fully saturated rings. The van der Waals surface area contributed by atoms with Crippen LogP contribution in [0.5, 0.6) is 5.75 Å². The fraction of sp³-hybridized carbons (Fsp3) is 0.174. The van der Waals surface area contributed by atoms with Gasteiger partial charge >= 0.3 is 5.97 Å². The first-order chi connectivity index (χ1) is 14.9. The number of hydrogen-bond donors (Lipinski definition) is 0. The number of nitrogens with zero attached hydrogens (tertiary/aromatic N) is 1. The molecule has 0 aliphatic carbocycles. The van der Waals surface area contributed by atoms with Gasteiger partial charge in [0.25, 0.3) is 5.56 Å². The molecule has 1 aromatic heterocycles. The molecule has 0 aliphatic heterocycles. The lowest BCUT2D eigenvalue weighted by Crippen LogP contribution is -2.34. The van der Waals surface area contributed by atoms with Crippen molar-refractivity contribution in [2.24, 2.45) is 0 Å². The van der Waals surface area contributed by atoms with E-state index in [0.29, 0.717) is 25.5 Å². The second kappa shape index (κ2) is 10.2. The van der Waals surface area contributed by atoms with Crippen molar-refractivity contribution in [3.05, 3.63) is 84.2 Å². The maximum atomic E-state index is 13.0. The summed E-state index contributed by atoms with van der Waals surface area (Å²) in [6.45, 7) is 1.69. The van der Waals surface area contributed by atoms with E-state index in [1.807, 2.05) is 12.1 Å². The molecule has 0 radical (unpaired) electrons. The molecule has 0 spiro atoms. The van der Waals surface area contributed by atoms with Gasteiger partial charge in [-0.2, -0.15) is 0 Å². The number of Topliss-reactive ketones (excluding diaryl/α,β-unsaturated/α-hetero) is 1. The molecule has 6 nitrogen and oxygen atoms in total. The molecule has 0 aliphatic rings. The third-order valence-electron chi connectivity index (χ3n) is 4.35. The second-order valence-corrected chi connectivity index (χ2v) is 7.94. The average Bonchev–Trinajstić information content (AvgIpc) is 3.03. The van der Waals surface area contributed by atoms with Crippen molar-refractivity contribution in [3.63, 3.8) is 0 Å². The molecule has 0 saturated heterocycles. The largest absolute Gasteiger partial charge is 0.497 e. The van der Waals surface area contributed by atoms with Crippen LogP contribution in [0.25, 0.3) is 12.2 Å². The van der Waals surface area contributed by atoms with Crippen LogP contribution in [0.3, 0.4) is 0 Å². The average molecular weight is 458 g/mol. The number of hydrogen-bond acceptors (Lipinski definition) is 6. The van der Waals surface area contributed by atoms with Gasteiger partial charge in [0.05, 0.1) is 30.9 Å². The highest BCUT2D eigenvalue weighted by Gasteiger charge is 2.13. The Morgan fingerprint density at radius 1 is 1.10 bits per heavy atom. The van der Waals surface area contributed by atoms with Crippen molar-refractivity contribution < 1.29 is 19.1 Å². The van der Waals surface area contributed by atoms with Crippen molar-refractivity contribution in [1.82, 2.24) is 4.57 Å². The summed E-state index contributed by atoms with van der Waals surface area (Å²) in [7, 11) is 1.58. The molecule has 0 bridgehead atoms. The van der Waals surface area contributed by atoms with Gasteiger partial charge in [0.2, 0.25) is 0 Å². The summed E-state index contributed by atoms with van der Waals surface area (Å²) in [5.41, 5.74) is 0.849. The predicted molar refractivity (Wildman–Crippen MR) is 121 cm³/mol. The van der Waals surface area contributed by atoms with Gasteiger partial charge in [-0.15, -0.1) is 11.3 Å². The highest BCUT2D eigenvalue weighted by molar-refractivity contribution is 7.07. The molecule has 160 valence electrons. The number of methoxy groups -OCH3 is 1. The highest BCUT2D eigenvalue weighted by Crippen LogP contribution is 2.12. The maximum absolute atomic E-state index is 13.0. The predicted octanol–water partition coefficient (Wildman–Crippen LogP) is 2.63. The summed E-state index contributed by atoms with van der Waals surface area (Å²) >= 11 is 7.00. The van der Waals surface area contributed by atoms with Gasteiger partial charge in [-0.3, -0.25) is 14.2 Å². The van der Waals surface area contributed by atoms with Crippen LogP contribution in [0.1, 0.15) is 22.8 Å². The molecule has 0 N–H and O–H groups in total. The van der Waals surface area contributed by atoms with Crippen molar-refractivity contribution in [2.45, 2.75) is 13.5 Å². The molecule has 0 atom stereocenters. The van der Waals surface area contributed by atoms with Crippen LogP contribution in [0.15, 0.2) is 53.3 Å². The fourth-order valence-corrected chi connectivity index (χ4v) is 3.96. The van der Waals surface area contributed by atoms with E-state index in [1.165, 1.54) is 10.6 Å². The van der Waals surface area contributed by atoms with Crippen LogP contribution in [0.2, 0.25) is 5.02 Å². The quantitative estimate of drug-likeness (QED) is 0.403. The number of halogens is 1. The van der Waals surface area contributed by atoms with Gasteiger partial charge in [-0.05, 0) is 55.0 Å². The molecule has 1 heterocycles. The Bertz CT molecular complexity index is 1260. The zero-order chi connectivity index (χ0) is 22.4. The monoisotopic (exact) mass is 457 g/mol. The zero-order valence-electron chi connectivity index (χ0n) is 17.0. The molecule has 8 heteroatoms. The minimum absolute atomic E-state index is 0.208. The van der Waals surface area contributed by atoms with Crippen molar-refractivity contribution in [1.29, 1.82) is 0 Å². The fourth-order valence-electron chi connectivity index (χ4n) is 2.80. The molecule has 3 rings (SSSR count). The molecule has 2 aromatic carbocycles. The summed E-state index contributed by atoms with van der Waals surface area (Å²) in [5, 5.41) is 0.511. The number of esters is 1. The molecule has 3 aromatic rings. The first kappa shape index (κ1) is 22.5. The van der Waals surface area contributed by atoms with Gasteiger partial charge in [-0.1, -0.05) is 23.7 Å². The first-order valence-electron chi connectivity index (χ1n) is 9.44. The Hall–Kier alpha value is -3.16. The van der Waals surface area contributed by atoms with E-state index in [-0.39, 0.29) is 24.5 Å². The van der Waals surface area contributed by atoms with Gasteiger partial charge in [0.1, 0.15) is 10.4 Å². The molecule has 0 unspecified atom stereocenters. The van der Waals surface area contributed by atoms with E-state index in [0.717, 1.165) is 16.9 Å². The van der Waals surface area contributed by atoms with Crippen LogP contribution in [-0.2, 0) is 16.1 Å². The molecule has 0 amide bonds. The van der Waals surface area contributed by atoms with Crippen LogP contribution in [0.4, 0.5) is 0 Å². The lowest BCUT2D eigenvalue weighted by Gasteiger charge is -2.03. The van der Waals surface area contributed by atoms with Crippen molar-refractivity contribution in [2.75, 3.05) is 13.7 Å². The number of rotatable bonds is 7. The Balaban J connectivity index is 2.06. The third kappa shape index (κ3) is 5.71. The summed E-state index contributed by atoms with van der Waals surface area (Å²) in [4.78, 5) is 37.8. The Kier molecular flexibility index (Phi) is 7.44. The number of carbonyl (C=O) groups excluding carboxylic acids is 2. The highest BCUT2D eigenvalue weighted by atomic mass is 35.5. The van der Waals surface area contributed by atoms with Crippen LogP contribution < -0.4 is 19.5 Å². The Morgan fingerprint density at radius 3 is 2.39 bits per heavy atom. The van der Waals surface area contributed by atoms with Gasteiger partial charge in [0.15, 0.2) is 5.78 Å². The molecule has 31 heavy (non-hydrogen) atoms. The van der Waals surface area contributed by atoms with E-state index < -0.39 is 5.97 Å². The van der Waals surface area contributed by atoms with E-state index in [4.69, 9.17) is 21.1 Å². The minimum Gasteiger partial charge on any atom is -0.497 e. The second-order valence-electron chi connectivity index (χ2n) is 6.44. The number of thiazole rings is 1. The van der Waals surface area contributed by atoms with E-state index in [1.54, 1.807) is 56.5 Å². The van der Waals surface area contributed by atoms with Gasteiger partial charge in [0, 0.05) is 10.6 Å². The number of aromatic nitrogens is 1. The maximum Gasteiger partial charge on any atom is 0.333 e. The van der Waals surface area contributed by atoms with Crippen LogP contribution in [0, 0.1) is 0 Å². The Morgan fingerprint density at radius 2 is 1.77 bits per heavy atom. The topological polar surface area (TPSA) is 74.6 Å². The number of ketones is 1. The van der Waals surface area contributed by atoms with Crippen molar-refractivity contribution in [3.8, 4) is 5.75 Å². The SMILES string of the molecule is CCOC(=O)/C=c1\s/c(=C/c2ccc(OC)cc2)c(=O)n1CC(=O)c1ccc(Cl)cc1. The van der Waals surface area contributed by atoms with E-state index in [9.17, 15) is 14.4 Å². The minimum atomic E-state index is -0.576. The van der Waals surface area contributed by atoms with E-state index >= 15 is 0 Å². The standard InChI is InChI=1S/C23H20ClNO5S/c1-3-30-22(27)13-21-25(14-19(26)16-6-8-17(24)9-7-16)23(28)20(31-21)12-15-4-10-18(29-2)11-5-15/h4-13H,3,14H2,1-2H3/b20-12+,21-13-. The summed E-state index contributed by atoms with van der Waals surface area (Å²) in [5.74, 6) is -0.149. The summed E-state index contributed by atoms with van der Waals surface area (Å²) in [6, 6.07) is 13.6. The smallest absolute Gasteiger partial charge is 0.333 e. The van der Waals surface area contributed by atoms with Gasteiger partial charge < -0.3 is 9.47 Å². The first-order valence-corrected chi connectivity index (χ1v) is 10.6. The van der Waals surface area contributed by atoms with E-state index in [2.05, 4.69) is 0 Å². The lowest BCUT2D eigenvalue weighted by atomic mass is 10.1. The molecular weight excluding hydrogens is 438 g/mol. The third-order valence-corrected chi connectivity index (χ3v) is 5.66.